The summed E-state index contributed by atoms with van der Waals surface area (Å²) in [6, 6.07) is 13.8. The smallest absolute Gasteiger partial charge is 0.261 e. The van der Waals surface area contributed by atoms with Gasteiger partial charge in [-0.25, -0.2) is 8.42 Å². The van der Waals surface area contributed by atoms with Crippen LogP contribution in [0.25, 0.3) is 0 Å². The molecule has 0 saturated heterocycles. The van der Waals surface area contributed by atoms with Crippen LogP contribution in [0.4, 0.5) is 11.5 Å². The number of ether oxygens (including phenoxy) is 1. The van der Waals surface area contributed by atoms with Gasteiger partial charge in [0, 0.05) is 17.7 Å². The molecule has 2 N–H and O–H groups in total. The van der Waals surface area contributed by atoms with E-state index >= 15 is 0 Å². The van der Waals surface area contributed by atoms with Crippen molar-refractivity contribution in [2.24, 2.45) is 0 Å². The largest absolute Gasteiger partial charge is 0.497 e. The number of amides is 1. The fraction of sp³-hybridized carbons (Fsp3) is 0.111. The molecule has 9 heteroatoms. The molecule has 0 unspecified atom stereocenters. The molecule has 3 aromatic rings. The summed E-state index contributed by atoms with van der Waals surface area (Å²) < 4.78 is 37.7. The average Bonchev–Trinajstić information content (AvgIpc) is 3.06. The van der Waals surface area contributed by atoms with Gasteiger partial charge in [0.05, 0.1) is 17.7 Å². The predicted molar refractivity (Wildman–Crippen MR) is 99.4 cm³/mol. The third kappa shape index (κ3) is 4.45. The molecule has 0 aliphatic carbocycles. The minimum absolute atomic E-state index is 0.0469. The van der Waals surface area contributed by atoms with Gasteiger partial charge >= 0.3 is 0 Å². The number of methoxy groups -OCH3 is 1. The third-order valence-corrected chi connectivity index (χ3v) is 4.98. The summed E-state index contributed by atoms with van der Waals surface area (Å²) in [6.45, 7) is 1.69. The van der Waals surface area contributed by atoms with Crippen molar-refractivity contribution >= 4 is 27.4 Å². The van der Waals surface area contributed by atoms with Crippen LogP contribution in [0.15, 0.2) is 64.0 Å². The van der Waals surface area contributed by atoms with Crippen molar-refractivity contribution in [1.29, 1.82) is 0 Å². The van der Waals surface area contributed by atoms with Crippen molar-refractivity contribution in [3.63, 3.8) is 0 Å². The first-order valence-electron chi connectivity index (χ1n) is 7.89. The Morgan fingerprint density at radius 1 is 1.11 bits per heavy atom. The summed E-state index contributed by atoms with van der Waals surface area (Å²) in [4.78, 5) is 12.3. The lowest BCUT2D eigenvalue weighted by Gasteiger charge is -2.10. The van der Waals surface area contributed by atoms with E-state index in [-0.39, 0.29) is 16.3 Å². The zero-order valence-corrected chi connectivity index (χ0v) is 15.4. The Morgan fingerprint density at radius 2 is 1.89 bits per heavy atom. The van der Waals surface area contributed by atoms with E-state index in [4.69, 9.17) is 9.26 Å². The molecule has 140 valence electrons. The third-order valence-electron chi connectivity index (χ3n) is 3.60. The molecule has 0 fully saturated rings. The van der Waals surface area contributed by atoms with Gasteiger partial charge < -0.3 is 14.6 Å². The standard InChI is InChI=1S/C18H17N3O5S/c1-12-9-17(20-26-12)19-18(22)13-5-3-8-16(10-13)27(23,24)21-14-6-4-7-15(11-14)25-2/h3-11,21H,1-2H3,(H,19,20,22). The van der Waals surface area contributed by atoms with Gasteiger partial charge in [-0.15, -0.1) is 0 Å². The Morgan fingerprint density at radius 3 is 2.59 bits per heavy atom. The zero-order valence-electron chi connectivity index (χ0n) is 14.6. The molecular weight excluding hydrogens is 370 g/mol. The first kappa shape index (κ1) is 18.5. The van der Waals surface area contributed by atoms with E-state index in [1.165, 1.54) is 31.4 Å². The lowest BCUT2D eigenvalue weighted by molar-refractivity contribution is 0.102. The van der Waals surface area contributed by atoms with Crippen LogP contribution in [0.5, 0.6) is 5.75 Å². The van der Waals surface area contributed by atoms with Crippen LogP contribution in [0.1, 0.15) is 16.1 Å². The number of anilines is 2. The number of nitrogens with zero attached hydrogens (tertiary/aromatic N) is 1. The summed E-state index contributed by atoms with van der Waals surface area (Å²) in [7, 11) is -2.39. The minimum atomic E-state index is -3.88. The van der Waals surface area contributed by atoms with Crippen molar-refractivity contribution < 1.29 is 22.5 Å². The molecule has 1 amide bonds. The number of hydrogen-bond donors (Lipinski definition) is 2. The average molecular weight is 387 g/mol. The second-order valence-corrected chi connectivity index (χ2v) is 7.32. The Bertz CT molecular complexity index is 1080. The van der Waals surface area contributed by atoms with Crippen LogP contribution in [0.2, 0.25) is 0 Å². The SMILES string of the molecule is COc1cccc(NS(=O)(=O)c2cccc(C(=O)Nc3cc(C)on3)c2)c1. The maximum atomic E-state index is 12.6. The van der Waals surface area contributed by atoms with Gasteiger partial charge in [0.15, 0.2) is 5.82 Å². The van der Waals surface area contributed by atoms with Gasteiger partial charge in [0.2, 0.25) is 0 Å². The van der Waals surface area contributed by atoms with Crippen LogP contribution in [-0.2, 0) is 10.0 Å². The number of aryl methyl sites for hydroxylation is 1. The number of sulfonamides is 1. The van der Waals surface area contributed by atoms with Crippen molar-refractivity contribution in [1.82, 2.24) is 5.16 Å². The monoisotopic (exact) mass is 387 g/mol. The van der Waals surface area contributed by atoms with E-state index in [1.807, 2.05) is 0 Å². The summed E-state index contributed by atoms with van der Waals surface area (Å²) in [5.41, 5.74) is 0.520. The molecular formula is C18H17N3O5S. The molecule has 0 spiro atoms. The Labute approximate surface area is 156 Å². The molecule has 0 atom stereocenters. The molecule has 3 rings (SSSR count). The van der Waals surface area contributed by atoms with Gasteiger partial charge in [-0.2, -0.15) is 0 Å². The number of benzene rings is 2. The highest BCUT2D eigenvalue weighted by molar-refractivity contribution is 7.92. The highest BCUT2D eigenvalue weighted by Crippen LogP contribution is 2.21. The number of carbonyl (C=O) groups excluding carboxylic acids is 1. The summed E-state index contributed by atoms with van der Waals surface area (Å²) in [6.07, 6.45) is 0. The van der Waals surface area contributed by atoms with Crippen LogP contribution < -0.4 is 14.8 Å². The molecule has 0 aliphatic rings. The first-order valence-corrected chi connectivity index (χ1v) is 9.37. The van der Waals surface area contributed by atoms with E-state index in [2.05, 4.69) is 15.2 Å². The van der Waals surface area contributed by atoms with Gasteiger partial charge in [-0.3, -0.25) is 9.52 Å². The predicted octanol–water partition coefficient (Wildman–Crippen LogP) is 3.04. The highest BCUT2D eigenvalue weighted by atomic mass is 32.2. The van der Waals surface area contributed by atoms with Crippen LogP contribution >= 0.6 is 0 Å². The van der Waals surface area contributed by atoms with E-state index in [0.29, 0.717) is 17.2 Å². The number of aromatic nitrogens is 1. The molecule has 8 nitrogen and oxygen atoms in total. The summed E-state index contributed by atoms with van der Waals surface area (Å²) >= 11 is 0. The van der Waals surface area contributed by atoms with Crippen molar-refractivity contribution in [3.8, 4) is 5.75 Å². The zero-order chi connectivity index (χ0) is 19.4. The van der Waals surface area contributed by atoms with Crippen molar-refractivity contribution in [2.45, 2.75) is 11.8 Å². The normalized spacial score (nSPS) is 11.0. The molecule has 0 aliphatic heterocycles. The van der Waals surface area contributed by atoms with E-state index in [9.17, 15) is 13.2 Å². The van der Waals surface area contributed by atoms with E-state index < -0.39 is 15.9 Å². The molecule has 0 bridgehead atoms. The highest BCUT2D eigenvalue weighted by Gasteiger charge is 2.17. The van der Waals surface area contributed by atoms with Crippen molar-refractivity contribution in [2.75, 3.05) is 17.1 Å². The fourth-order valence-corrected chi connectivity index (χ4v) is 3.41. The molecule has 1 heterocycles. The quantitative estimate of drug-likeness (QED) is 0.673. The Kier molecular flexibility index (Phi) is 5.13. The number of carbonyl (C=O) groups is 1. The number of hydrogen-bond acceptors (Lipinski definition) is 6. The second-order valence-electron chi connectivity index (χ2n) is 5.64. The van der Waals surface area contributed by atoms with Gasteiger partial charge in [-0.05, 0) is 37.3 Å². The van der Waals surface area contributed by atoms with Crippen molar-refractivity contribution in [3.05, 3.63) is 65.9 Å². The molecule has 27 heavy (non-hydrogen) atoms. The summed E-state index contributed by atoms with van der Waals surface area (Å²) in [5.74, 6) is 0.817. The molecule has 2 aromatic carbocycles. The van der Waals surface area contributed by atoms with E-state index in [0.717, 1.165) is 0 Å². The lowest BCUT2D eigenvalue weighted by atomic mass is 10.2. The Balaban J connectivity index is 1.81. The van der Waals surface area contributed by atoms with Crippen LogP contribution in [0, 0.1) is 6.92 Å². The van der Waals surface area contributed by atoms with E-state index in [1.54, 1.807) is 37.3 Å². The lowest BCUT2D eigenvalue weighted by Crippen LogP contribution is -2.16. The maximum absolute atomic E-state index is 12.6. The topological polar surface area (TPSA) is 111 Å². The molecule has 0 saturated carbocycles. The number of nitrogens with one attached hydrogen (secondary N) is 2. The maximum Gasteiger partial charge on any atom is 0.261 e. The van der Waals surface area contributed by atoms with Gasteiger partial charge in [0.25, 0.3) is 15.9 Å². The molecule has 0 radical (unpaired) electrons. The number of rotatable bonds is 6. The van der Waals surface area contributed by atoms with Gasteiger partial charge in [0.1, 0.15) is 11.5 Å². The van der Waals surface area contributed by atoms with Gasteiger partial charge in [-0.1, -0.05) is 17.3 Å². The summed E-state index contributed by atoms with van der Waals surface area (Å²) in [5, 5.41) is 6.22. The molecule has 1 aromatic heterocycles. The first-order chi connectivity index (χ1) is 12.9. The minimum Gasteiger partial charge on any atom is -0.497 e. The Hall–Kier alpha value is -3.33. The van der Waals surface area contributed by atoms with Crippen LogP contribution in [-0.4, -0.2) is 26.6 Å². The second kappa shape index (κ2) is 7.50. The van der Waals surface area contributed by atoms with Crippen LogP contribution in [0.3, 0.4) is 0 Å². The fourth-order valence-electron chi connectivity index (χ4n) is 2.32.